The number of carbonyl (C=O) groups excluding carboxylic acids is 1. The first kappa shape index (κ1) is 20.0. The van der Waals surface area contributed by atoms with Gasteiger partial charge in [0.1, 0.15) is 5.82 Å². The molecule has 3 aromatic rings. The van der Waals surface area contributed by atoms with Crippen LogP contribution in [0.1, 0.15) is 27.4 Å². The smallest absolute Gasteiger partial charge is 0.295 e. The predicted molar refractivity (Wildman–Crippen MR) is 99.8 cm³/mol. The molecule has 7 nitrogen and oxygen atoms in total. The summed E-state index contributed by atoms with van der Waals surface area (Å²) in [5.74, 6) is -0.666. The Morgan fingerprint density at radius 3 is 2.88 bits per heavy atom. The molecule has 0 saturated heterocycles. The van der Waals surface area contributed by atoms with E-state index in [1.165, 1.54) is 4.52 Å². The summed E-state index contributed by atoms with van der Waals surface area (Å²) < 4.78 is 16.1. The van der Waals surface area contributed by atoms with E-state index in [1.54, 1.807) is 18.3 Å². The summed E-state index contributed by atoms with van der Waals surface area (Å²) >= 11 is 0. The number of halogens is 3. The third-order valence-electron chi connectivity index (χ3n) is 4.09. The van der Waals surface area contributed by atoms with Gasteiger partial charge in [-0.2, -0.15) is 4.98 Å². The van der Waals surface area contributed by atoms with Gasteiger partial charge in [0.05, 0.1) is 5.69 Å². The minimum Gasteiger partial charge on any atom is -0.317 e. The third kappa shape index (κ3) is 3.48. The molecule has 0 spiro atoms. The molecule has 26 heavy (non-hydrogen) atoms. The van der Waals surface area contributed by atoms with Crippen molar-refractivity contribution in [2.75, 3.05) is 11.9 Å². The highest BCUT2D eigenvalue weighted by molar-refractivity contribution is 6.01. The first-order chi connectivity index (χ1) is 11.6. The monoisotopic (exact) mass is 398 g/mol. The summed E-state index contributed by atoms with van der Waals surface area (Å²) in [4.78, 5) is 20.5. The number of benzene rings is 1. The van der Waals surface area contributed by atoms with Crippen LogP contribution >= 0.6 is 24.8 Å². The number of carbonyl (C=O) groups is 1. The van der Waals surface area contributed by atoms with Gasteiger partial charge < -0.3 is 10.6 Å². The topological polar surface area (TPSA) is 84.2 Å². The van der Waals surface area contributed by atoms with Gasteiger partial charge in [0.15, 0.2) is 0 Å². The Bertz CT molecular complexity index is 961. The van der Waals surface area contributed by atoms with Gasteiger partial charge in [-0.05, 0) is 43.1 Å². The molecule has 1 aliphatic heterocycles. The van der Waals surface area contributed by atoms with Crippen LogP contribution in [0.3, 0.4) is 0 Å². The van der Waals surface area contributed by atoms with Crippen LogP contribution in [0.15, 0.2) is 24.4 Å². The van der Waals surface area contributed by atoms with Crippen molar-refractivity contribution in [3.63, 3.8) is 0 Å². The highest BCUT2D eigenvalue weighted by Gasteiger charge is 2.20. The molecule has 0 saturated carbocycles. The fraction of sp³-hybridized carbons (Fsp3) is 0.250. The van der Waals surface area contributed by atoms with E-state index in [2.05, 4.69) is 25.7 Å². The van der Waals surface area contributed by atoms with Crippen molar-refractivity contribution in [1.29, 1.82) is 0 Å². The van der Waals surface area contributed by atoms with Crippen LogP contribution in [0, 0.1) is 12.7 Å². The second-order valence-corrected chi connectivity index (χ2v) is 5.68. The van der Waals surface area contributed by atoms with Crippen molar-refractivity contribution in [3.8, 4) is 0 Å². The number of aromatic nitrogens is 4. The summed E-state index contributed by atoms with van der Waals surface area (Å²) in [6.07, 6.45) is 2.19. The quantitative estimate of drug-likeness (QED) is 0.691. The maximum atomic E-state index is 14.6. The summed E-state index contributed by atoms with van der Waals surface area (Å²) in [5, 5.41) is 9.87. The van der Waals surface area contributed by atoms with Gasteiger partial charge in [-0.25, -0.2) is 13.9 Å². The normalized spacial score (nSPS) is 12.7. The Morgan fingerprint density at radius 2 is 2.12 bits per heavy atom. The van der Waals surface area contributed by atoms with Crippen molar-refractivity contribution in [3.05, 3.63) is 52.9 Å². The van der Waals surface area contributed by atoms with E-state index >= 15 is 0 Å². The molecule has 2 aromatic heterocycles. The van der Waals surface area contributed by atoms with Gasteiger partial charge >= 0.3 is 0 Å². The number of rotatable bonds is 2. The second kappa shape index (κ2) is 7.94. The SMILES string of the molecule is Cc1ccnc2nc(C(=O)Nc3ccc4c(c3F)CCNC4)nn12.Cl.Cl. The van der Waals surface area contributed by atoms with Crippen molar-refractivity contribution in [1.82, 2.24) is 24.9 Å². The molecule has 0 unspecified atom stereocenters. The molecule has 0 atom stereocenters. The Morgan fingerprint density at radius 1 is 1.31 bits per heavy atom. The molecule has 138 valence electrons. The molecular weight excluding hydrogens is 382 g/mol. The number of nitrogens with one attached hydrogen (secondary N) is 2. The molecule has 0 aliphatic carbocycles. The molecule has 0 fully saturated rings. The number of hydrogen-bond donors (Lipinski definition) is 2. The Labute approximate surface area is 161 Å². The first-order valence-electron chi connectivity index (χ1n) is 7.64. The number of nitrogens with zero attached hydrogens (tertiary/aromatic N) is 4. The molecule has 2 N–H and O–H groups in total. The standard InChI is InChI=1S/C16H15FN6O.2ClH/c1-9-4-7-19-16-21-14(22-23(9)16)15(24)20-12-3-2-10-8-18-6-5-11(10)13(12)17;;/h2-4,7,18H,5-6,8H2,1H3,(H,20,24);2*1H. The van der Waals surface area contributed by atoms with Gasteiger partial charge in [-0.15, -0.1) is 29.9 Å². The van der Waals surface area contributed by atoms with E-state index in [0.29, 0.717) is 24.3 Å². The van der Waals surface area contributed by atoms with Crippen LogP contribution in [-0.4, -0.2) is 32.0 Å². The minimum absolute atomic E-state index is 0. The lowest BCUT2D eigenvalue weighted by Gasteiger charge is -2.19. The van der Waals surface area contributed by atoms with E-state index in [0.717, 1.165) is 17.8 Å². The summed E-state index contributed by atoms with van der Waals surface area (Å²) in [6.45, 7) is 3.20. The highest BCUT2D eigenvalue weighted by atomic mass is 35.5. The van der Waals surface area contributed by atoms with Gasteiger partial charge in [-0.1, -0.05) is 6.07 Å². The molecule has 1 amide bonds. The summed E-state index contributed by atoms with van der Waals surface area (Å²) in [5.41, 5.74) is 2.51. The van der Waals surface area contributed by atoms with Crippen molar-refractivity contribution < 1.29 is 9.18 Å². The predicted octanol–water partition coefficient (Wildman–Crippen LogP) is 2.31. The molecular formula is C16H17Cl2FN6O. The average molecular weight is 399 g/mol. The molecule has 10 heteroatoms. The van der Waals surface area contributed by atoms with E-state index < -0.39 is 5.91 Å². The summed E-state index contributed by atoms with van der Waals surface area (Å²) in [6, 6.07) is 5.15. The largest absolute Gasteiger partial charge is 0.317 e. The van der Waals surface area contributed by atoms with Crippen LogP contribution in [0.2, 0.25) is 0 Å². The van der Waals surface area contributed by atoms with E-state index in [4.69, 9.17) is 0 Å². The molecule has 4 rings (SSSR count). The number of anilines is 1. The minimum atomic E-state index is -0.562. The first-order valence-corrected chi connectivity index (χ1v) is 7.64. The lowest BCUT2D eigenvalue weighted by atomic mass is 9.99. The molecule has 1 aromatic carbocycles. The van der Waals surface area contributed by atoms with Crippen molar-refractivity contribution in [2.24, 2.45) is 0 Å². The van der Waals surface area contributed by atoms with Crippen LogP contribution in [0.4, 0.5) is 10.1 Å². The fourth-order valence-corrected chi connectivity index (χ4v) is 2.81. The zero-order valence-electron chi connectivity index (χ0n) is 13.8. The van der Waals surface area contributed by atoms with Gasteiger partial charge in [0.2, 0.25) is 5.82 Å². The maximum Gasteiger partial charge on any atom is 0.295 e. The zero-order valence-corrected chi connectivity index (χ0v) is 15.5. The maximum absolute atomic E-state index is 14.6. The average Bonchev–Trinajstić information content (AvgIpc) is 3.03. The van der Waals surface area contributed by atoms with Crippen molar-refractivity contribution in [2.45, 2.75) is 19.9 Å². The van der Waals surface area contributed by atoms with Gasteiger partial charge in [0, 0.05) is 18.4 Å². The van der Waals surface area contributed by atoms with Crippen LogP contribution in [-0.2, 0) is 13.0 Å². The van der Waals surface area contributed by atoms with Gasteiger partial charge in [-0.3, -0.25) is 4.79 Å². The lowest BCUT2D eigenvalue weighted by Crippen LogP contribution is -2.25. The molecule has 3 heterocycles. The van der Waals surface area contributed by atoms with Crippen LogP contribution < -0.4 is 10.6 Å². The zero-order chi connectivity index (χ0) is 16.7. The summed E-state index contributed by atoms with van der Waals surface area (Å²) in [7, 11) is 0. The van der Waals surface area contributed by atoms with Crippen LogP contribution in [0.5, 0.6) is 0 Å². The number of hydrogen-bond acceptors (Lipinski definition) is 5. The molecule has 0 bridgehead atoms. The Hall–Kier alpha value is -2.29. The van der Waals surface area contributed by atoms with E-state index in [-0.39, 0.29) is 42.1 Å². The molecule has 0 radical (unpaired) electrons. The van der Waals surface area contributed by atoms with Crippen molar-refractivity contribution >= 4 is 42.2 Å². The number of amides is 1. The lowest BCUT2D eigenvalue weighted by molar-refractivity contribution is 0.101. The highest BCUT2D eigenvalue weighted by Crippen LogP contribution is 2.24. The fourth-order valence-electron chi connectivity index (χ4n) is 2.81. The third-order valence-corrected chi connectivity index (χ3v) is 4.09. The number of fused-ring (bicyclic) bond motifs is 2. The van der Waals surface area contributed by atoms with E-state index in [9.17, 15) is 9.18 Å². The van der Waals surface area contributed by atoms with Gasteiger partial charge in [0.25, 0.3) is 11.7 Å². The number of aryl methyl sites for hydroxylation is 1. The Balaban J connectivity index is 0.00000121. The molecule has 1 aliphatic rings. The Kier molecular flexibility index (Phi) is 6.12. The van der Waals surface area contributed by atoms with E-state index in [1.807, 2.05) is 13.0 Å². The second-order valence-electron chi connectivity index (χ2n) is 5.68. The van der Waals surface area contributed by atoms with Crippen LogP contribution in [0.25, 0.3) is 5.78 Å².